The van der Waals surface area contributed by atoms with Crippen molar-refractivity contribution in [2.75, 3.05) is 13.1 Å². The van der Waals surface area contributed by atoms with Gasteiger partial charge in [0.15, 0.2) is 5.78 Å². The van der Waals surface area contributed by atoms with Gasteiger partial charge < -0.3 is 4.90 Å². The van der Waals surface area contributed by atoms with Crippen LogP contribution in [0.3, 0.4) is 0 Å². The van der Waals surface area contributed by atoms with Crippen LogP contribution in [0.25, 0.3) is 0 Å². The highest BCUT2D eigenvalue weighted by molar-refractivity contribution is 5.89. The van der Waals surface area contributed by atoms with Crippen LogP contribution < -0.4 is 0 Å². The number of rotatable bonds is 1. The molecule has 1 aliphatic heterocycles. The normalized spacial score (nSPS) is 18.1. The van der Waals surface area contributed by atoms with E-state index >= 15 is 0 Å². The smallest absolute Gasteiger partial charge is 0.222 e. The highest BCUT2D eigenvalue weighted by Gasteiger charge is 2.21. The molecule has 1 saturated heterocycles. The highest BCUT2D eigenvalue weighted by Crippen LogP contribution is 2.05. The van der Waals surface area contributed by atoms with E-state index in [9.17, 15) is 9.59 Å². The number of carbonyl (C=O) groups excluding carboxylic acids is 2. The summed E-state index contributed by atoms with van der Waals surface area (Å²) in [7, 11) is 0. The van der Waals surface area contributed by atoms with Gasteiger partial charge in [0.2, 0.25) is 5.91 Å². The Morgan fingerprint density at radius 1 is 1.70 bits per heavy atom. The summed E-state index contributed by atoms with van der Waals surface area (Å²) in [5.74, 6) is 0.271. The van der Waals surface area contributed by atoms with Gasteiger partial charge in [0.05, 0.1) is 6.54 Å². The number of amides is 1. The zero-order valence-electron chi connectivity index (χ0n) is 6.09. The molecule has 1 fully saturated rings. The summed E-state index contributed by atoms with van der Waals surface area (Å²) in [6.07, 6.45) is 1.05. The standard InChI is InChI=1S/C7H11NO2/c1-2-7(10)8-4-3-6(9)5-8/h2-5H2,1H3. The summed E-state index contributed by atoms with van der Waals surface area (Å²) in [6.45, 7) is 2.78. The van der Waals surface area contributed by atoms with Crippen LogP contribution in [0.5, 0.6) is 0 Å². The first-order valence-electron chi connectivity index (χ1n) is 3.53. The lowest BCUT2D eigenvalue weighted by molar-refractivity contribution is -0.131. The van der Waals surface area contributed by atoms with Gasteiger partial charge in [0.25, 0.3) is 0 Å². The third kappa shape index (κ3) is 1.35. The molecule has 0 unspecified atom stereocenters. The quantitative estimate of drug-likeness (QED) is 0.523. The molecular formula is C7H11NO2. The maximum atomic E-state index is 10.9. The average molecular weight is 141 g/mol. The fourth-order valence-corrected chi connectivity index (χ4v) is 1.07. The summed E-state index contributed by atoms with van der Waals surface area (Å²) in [6, 6.07) is 0. The van der Waals surface area contributed by atoms with E-state index in [1.165, 1.54) is 0 Å². The second-order valence-corrected chi connectivity index (χ2v) is 2.46. The van der Waals surface area contributed by atoms with Gasteiger partial charge in [-0.15, -0.1) is 0 Å². The van der Waals surface area contributed by atoms with Crippen molar-refractivity contribution in [3.05, 3.63) is 0 Å². The first-order valence-corrected chi connectivity index (χ1v) is 3.53. The predicted octanol–water partition coefficient (Wildman–Crippen LogP) is 0.198. The van der Waals surface area contributed by atoms with Crippen molar-refractivity contribution >= 4 is 11.7 Å². The molecule has 10 heavy (non-hydrogen) atoms. The average Bonchev–Trinajstić information content (AvgIpc) is 2.34. The third-order valence-electron chi connectivity index (χ3n) is 1.68. The number of hydrogen-bond donors (Lipinski definition) is 0. The van der Waals surface area contributed by atoms with Gasteiger partial charge >= 0.3 is 0 Å². The lowest BCUT2D eigenvalue weighted by atomic mass is 10.4. The van der Waals surface area contributed by atoms with E-state index < -0.39 is 0 Å². The van der Waals surface area contributed by atoms with Gasteiger partial charge in [0.1, 0.15) is 0 Å². The number of Topliss-reactive ketones (excluding diaryl/α,β-unsaturated/α-hetero) is 1. The van der Waals surface area contributed by atoms with Crippen LogP contribution in [0.4, 0.5) is 0 Å². The molecule has 0 atom stereocenters. The number of nitrogens with zero attached hydrogens (tertiary/aromatic N) is 1. The van der Waals surface area contributed by atoms with E-state index in [-0.39, 0.29) is 11.7 Å². The van der Waals surface area contributed by atoms with Crippen LogP contribution in [-0.4, -0.2) is 29.7 Å². The van der Waals surface area contributed by atoms with Gasteiger partial charge in [-0.05, 0) is 0 Å². The van der Waals surface area contributed by atoms with Crippen LogP contribution in [0, 0.1) is 0 Å². The fraction of sp³-hybridized carbons (Fsp3) is 0.714. The van der Waals surface area contributed by atoms with E-state index in [2.05, 4.69) is 0 Å². The van der Waals surface area contributed by atoms with Gasteiger partial charge in [-0.3, -0.25) is 9.59 Å². The van der Waals surface area contributed by atoms with Crippen molar-refractivity contribution in [2.45, 2.75) is 19.8 Å². The maximum absolute atomic E-state index is 10.9. The van der Waals surface area contributed by atoms with Crippen LogP contribution in [-0.2, 0) is 9.59 Å². The van der Waals surface area contributed by atoms with Gasteiger partial charge in [0, 0.05) is 19.4 Å². The molecule has 0 spiro atoms. The Balaban J connectivity index is 2.44. The van der Waals surface area contributed by atoms with Crippen LogP contribution >= 0.6 is 0 Å². The molecule has 0 aromatic heterocycles. The lowest BCUT2D eigenvalue weighted by Crippen LogP contribution is -2.27. The molecule has 3 heteroatoms. The third-order valence-corrected chi connectivity index (χ3v) is 1.68. The molecule has 1 rings (SSSR count). The van der Waals surface area contributed by atoms with E-state index in [0.29, 0.717) is 25.9 Å². The largest absolute Gasteiger partial charge is 0.335 e. The monoisotopic (exact) mass is 141 g/mol. The molecule has 56 valence electrons. The molecule has 0 aromatic rings. The van der Waals surface area contributed by atoms with Gasteiger partial charge in [-0.1, -0.05) is 6.92 Å². The first kappa shape index (κ1) is 7.25. The Labute approximate surface area is 60.0 Å². The number of ketones is 1. The summed E-state index contributed by atoms with van der Waals surface area (Å²) >= 11 is 0. The highest BCUT2D eigenvalue weighted by atomic mass is 16.2. The molecule has 3 nitrogen and oxygen atoms in total. The van der Waals surface area contributed by atoms with Crippen LogP contribution in [0.1, 0.15) is 19.8 Å². The van der Waals surface area contributed by atoms with E-state index in [0.717, 1.165) is 0 Å². The summed E-state index contributed by atoms with van der Waals surface area (Å²) in [5, 5.41) is 0. The minimum absolute atomic E-state index is 0.0888. The predicted molar refractivity (Wildman–Crippen MR) is 36.5 cm³/mol. The Kier molecular flexibility index (Phi) is 2.04. The van der Waals surface area contributed by atoms with Crippen molar-refractivity contribution in [1.82, 2.24) is 4.90 Å². The topological polar surface area (TPSA) is 37.4 Å². The number of likely N-dealkylation sites (tertiary alicyclic amines) is 1. The first-order chi connectivity index (χ1) is 4.74. The molecule has 0 aliphatic carbocycles. The van der Waals surface area contributed by atoms with Gasteiger partial charge in [-0.2, -0.15) is 0 Å². The van der Waals surface area contributed by atoms with Crippen LogP contribution in [0.15, 0.2) is 0 Å². The Bertz CT molecular complexity index is 165. The molecule has 0 N–H and O–H groups in total. The minimum atomic E-state index is 0.0888. The number of hydrogen-bond acceptors (Lipinski definition) is 2. The Morgan fingerprint density at radius 3 is 2.80 bits per heavy atom. The number of carbonyl (C=O) groups is 2. The fourth-order valence-electron chi connectivity index (χ4n) is 1.07. The molecule has 1 heterocycles. The lowest BCUT2D eigenvalue weighted by Gasteiger charge is -2.11. The van der Waals surface area contributed by atoms with Gasteiger partial charge in [-0.25, -0.2) is 0 Å². The SMILES string of the molecule is CCC(=O)N1CCC(=O)C1. The summed E-state index contributed by atoms with van der Waals surface area (Å²) < 4.78 is 0. The molecule has 1 amide bonds. The minimum Gasteiger partial charge on any atom is -0.335 e. The molecular weight excluding hydrogens is 130 g/mol. The Hall–Kier alpha value is -0.860. The molecule has 1 aliphatic rings. The Morgan fingerprint density at radius 2 is 2.40 bits per heavy atom. The van der Waals surface area contributed by atoms with E-state index in [4.69, 9.17) is 0 Å². The van der Waals surface area contributed by atoms with E-state index in [1.807, 2.05) is 6.92 Å². The molecule has 0 saturated carbocycles. The van der Waals surface area contributed by atoms with E-state index in [1.54, 1.807) is 4.90 Å². The van der Waals surface area contributed by atoms with Crippen molar-refractivity contribution in [2.24, 2.45) is 0 Å². The molecule has 0 aromatic carbocycles. The second kappa shape index (κ2) is 2.82. The second-order valence-electron chi connectivity index (χ2n) is 2.46. The van der Waals surface area contributed by atoms with Crippen molar-refractivity contribution < 1.29 is 9.59 Å². The summed E-state index contributed by atoms with van der Waals surface area (Å²) in [4.78, 5) is 23.2. The zero-order chi connectivity index (χ0) is 7.56. The maximum Gasteiger partial charge on any atom is 0.222 e. The van der Waals surface area contributed by atoms with Crippen LogP contribution in [0.2, 0.25) is 0 Å². The summed E-state index contributed by atoms with van der Waals surface area (Å²) in [5.41, 5.74) is 0. The van der Waals surface area contributed by atoms with Crippen molar-refractivity contribution in [3.8, 4) is 0 Å². The molecule has 0 radical (unpaired) electrons. The van der Waals surface area contributed by atoms with Crippen molar-refractivity contribution in [3.63, 3.8) is 0 Å². The van der Waals surface area contributed by atoms with Crippen molar-refractivity contribution in [1.29, 1.82) is 0 Å². The molecule has 0 bridgehead atoms. The zero-order valence-corrected chi connectivity index (χ0v) is 6.09.